The fourth-order valence-electron chi connectivity index (χ4n) is 2.94. The number of ether oxygens (including phenoxy) is 1. The van der Waals surface area contributed by atoms with Gasteiger partial charge < -0.3 is 10.1 Å². The Labute approximate surface area is 122 Å². The lowest BCUT2D eigenvalue weighted by Crippen LogP contribution is -2.28. The third-order valence-corrected chi connectivity index (χ3v) is 3.80. The molecule has 2 rings (SSSR count). The molecule has 0 saturated heterocycles. The molecule has 1 aromatic rings. The lowest BCUT2D eigenvalue weighted by molar-refractivity contribution is 0.0962. The second kappa shape index (κ2) is 7.02. The van der Waals surface area contributed by atoms with Crippen LogP contribution in [0.3, 0.4) is 0 Å². The van der Waals surface area contributed by atoms with Gasteiger partial charge in [0, 0.05) is 12.6 Å². The maximum atomic E-state index is 5.98. The maximum absolute atomic E-state index is 5.98. The van der Waals surface area contributed by atoms with Crippen LogP contribution in [0.1, 0.15) is 52.7 Å². The van der Waals surface area contributed by atoms with Crippen LogP contribution in [0.5, 0.6) is 5.88 Å². The number of hydrogen-bond acceptors (Lipinski definition) is 4. The Balaban J connectivity index is 1.87. The number of hydrogen-bond donors (Lipinski definition) is 1. The van der Waals surface area contributed by atoms with Gasteiger partial charge in [-0.05, 0) is 31.1 Å². The number of nitrogens with zero attached hydrogens (tertiary/aromatic N) is 2. The van der Waals surface area contributed by atoms with E-state index in [-0.39, 0.29) is 0 Å². The minimum atomic E-state index is 0.294. The molecule has 4 nitrogen and oxygen atoms in total. The molecule has 0 aromatic carbocycles. The largest absolute Gasteiger partial charge is 0.473 e. The molecule has 1 aromatic heterocycles. The quantitative estimate of drug-likeness (QED) is 0.898. The molecule has 2 atom stereocenters. The van der Waals surface area contributed by atoms with Crippen LogP contribution in [0.15, 0.2) is 12.4 Å². The predicted molar refractivity (Wildman–Crippen MR) is 80.6 cm³/mol. The van der Waals surface area contributed by atoms with Crippen molar-refractivity contribution >= 4 is 0 Å². The first-order chi connectivity index (χ1) is 9.52. The van der Waals surface area contributed by atoms with Gasteiger partial charge in [-0.15, -0.1) is 0 Å². The van der Waals surface area contributed by atoms with Gasteiger partial charge in [-0.25, -0.2) is 4.98 Å². The van der Waals surface area contributed by atoms with Crippen molar-refractivity contribution in [1.82, 2.24) is 15.3 Å². The summed E-state index contributed by atoms with van der Waals surface area (Å²) in [6.07, 6.45) is 7.42. The molecular weight excluding hydrogens is 250 g/mol. The summed E-state index contributed by atoms with van der Waals surface area (Å²) >= 11 is 0. The summed E-state index contributed by atoms with van der Waals surface area (Å²) < 4.78 is 5.98. The summed E-state index contributed by atoms with van der Waals surface area (Å²) in [5.41, 5.74) is 0.955. The van der Waals surface area contributed by atoms with Gasteiger partial charge in [0.15, 0.2) is 0 Å². The third-order valence-electron chi connectivity index (χ3n) is 3.80. The summed E-state index contributed by atoms with van der Waals surface area (Å²) in [7, 11) is 0. The molecule has 0 bridgehead atoms. The van der Waals surface area contributed by atoms with Crippen molar-refractivity contribution in [2.24, 2.45) is 11.8 Å². The zero-order valence-corrected chi connectivity index (χ0v) is 13.1. The van der Waals surface area contributed by atoms with Gasteiger partial charge in [0.05, 0.1) is 18.1 Å². The maximum Gasteiger partial charge on any atom is 0.232 e. The highest BCUT2D eigenvalue weighted by molar-refractivity contribution is 5.08. The van der Waals surface area contributed by atoms with E-state index in [1.807, 2.05) is 0 Å². The van der Waals surface area contributed by atoms with Crippen molar-refractivity contribution in [2.75, 3.05) is 0 Å². The monoisotopic (exact) mass is 277 g/mol. The average molecular weight is 277 g/mol. The van der Waals surface area contributed by atoms with E-state index in [1.165, 1.54) is 6.42 Å². The smallest absolute Gasteiger partial charge is 0.232 e. The molecule has 0 amide bonds. The lowest BCUT2D eigenvalue weighted by Gasteiger charge is -2.31. The minimum Gasteiger partial charge on any atom is -0.473 e. The average Bonchev–Trinajstić information content (AvgIpc) is 2.36. The van der Waals surface area contributed by atoms with Crippen molar-refractivity contribution in [2.45, 2.75) is 65.6 Å². The van der Waals surface area contributed by atoms with E-state index in [0.29, 0.717) is 18.0 Å². The fourth-order valence-corrected chi connectivity index (χ4v) is 2.94. The Morgan fingerprint density at radius 3 is 2.40 bits per heavy atom. The van der Waals surface area contributed by atoms with Crippen LogP contribution in [0.25, 0.3) is 0 Å². The molecule has 1 saturated carbocycles. The van der Waals surface area contributed by atoms with Crippen molar-refractivity contribution in [3.8, 4) is 5.88 Å². The van der Waals surface area contributed by atoms with Crippen LogP contribution in [-0.2, 0) is 6.54 Å². The first kappa shape index (κ1) is 15.2. The van der Waals surface area contributed by atoms with E-state index < -0.39 is 0 Å². The van der Waals surface area contributed by atoms with Gasteiger partial charge in [0.1, 0.15) is 6.10 Å². The summed E-state index contributed by atoms with van der Waals surface area (Å²) in [4.78, 5) is 8.78. The van der Waals surface area contributed by atoms with Crippen molar-refractivity contribution < 1.29 is 4.74 Å². The van der Waals surface area contributed by atoms with Crippen molar-refractivity contribution in [3.05, 3.63) is 18.1 Å². The molecular formula is C16H27N3O. The molecule has 4 heteroatoms. The molecule has 1 aliphatic rings. The molecule has 20 heavy (non-hydrogen) atoms. The zero-order valence-electron chi connectivity index (χ0n) is 13.1. The summed E-state index contributed by atoms with van der Waals surface area (Å²) in [5.74, 6) is 2.14. The van der Waals surface area contributed by atoms with Crippen LogP contribution >= 0.6 is 0 Å². The Kier molecular flexibility index (Phi) is 5.35. The standard InChI is InChI=1S/C16H27N3O/c1-11(2)17-8-14-9-19-16(10-18-14)20-15-6-12(3)5-13(4)7-15/h9-13,15,17H,5-8H2,1-4H3. The van der Waals surface area contributed by atoms with Gasteiger partial charge >= 0.3 is 0 Å². The van der Waals surface area contributed by atoms with Crippen LogP contribution in [0, 0.1) is 11.8 Å². The molecule has 1 aliphatic carbocycles. The van der Waals surface area contributed by atoms with E-state index in [2.05, 4.69) is 43.0 Å². The zero-order chi connectivity index (χ0) is 14.5. The van der Waals surface area contributed by atoms with E-state index in [0.717, 1.165) is 36.9 Å². The van der Waals surface area contributed by atoms with E-state index in [9.17, 15) is 0 Å². The molecule has 1 fully saturated rings. The number of aromatic nitrogens is 2. The highest BCUT2D eigenvalue weighted by Crippen LogP contribution is 2.30. The molecule has 0 spiro atoms. The van der Waals surface area contributed by atoms with E-state index >= 15 is 0 Å². The fraction of sp³-hybridized carbons (Fsp3) is 0.750. The molecule has 2 unspecified atom stereocenters. The predicted octanol–water partition coefficient (Wildman–Crippen LogP) is 3.18. The van der Waals surface area contributed by atoms with Crippen LogP contribution in [0.4, 0.5) is 0 Å². The normalized spacial score (nSPS) is 26.8. The highest BCUT2D eigenvalue weighted by Gasteiger charge is 2.25. The minimum absolute atomic E-state index is 0.294. The summed E-state index contributed by atoms with van der Waals surface area (Å²) in [6.45, 7) is 9.60. The summed E-state index contributed by atoms with van der Waals surface area (Å²) in [5, 5.41) is 3.33. The molecule has 1 N–H and O–H groups in total. The van der Waals surface area contributed by atoms with E-state index in [1.54, 1.807) is 12.4 Å². The van der Waals surface area contributed by atoms with Crippen LogP contribution < -0.4 is 10.1 Å². The second-order valence-electron chi connectivity index (χ2n) is 6.54. The molecule has 0 aliphatic heterocycles. The number of rotatable bonds is 5. The Bertz CT molecular complexity index is 395. The topological polar surface area (TPSA) is 47.0 Å². The first-order valence-corrected chi connectivity index (χ1v) is 7.74. The number of nitrogens with one attached hydrogen (secondary N) is 1. The van der Waals surface area contributed by atoms with Crippen LogP contribution in [0.2, 0.25) is 0 Å². The molecule has 1 heterocycles. The van der Waals surface area contributed by atoms with Gasteiger partial charge in [-0.3, -0.25) is 4.98 Å². The van der Waals surface area contributed by atoms with Gasteiger partial charge in [0.2, 0.25) is 5.88 Å². The molecule has 112 valence electrons. The second-order valence-corrected chi connectivity index (χ2v) is 6.54. The Morgan fingerprint density at radius 1 is 1.15 bits per heavy atom. The Hall–Kier alpha value is -1.16. The summed E-state index contributed by atoms with van der Waals surface area (Å²) in [6, 6.07) is 0.456. The molecule has 0 radical (unpaired) electrons. The van der Waals surface area contributed by atoms with Crippen molar-refractivity contribution in [1.29, 1.82) is 0 Å². The lowest BCUT2D eigenvalue weighted by atomic mass is 9.82. The first-order valence-electron chi connectivity index (χ1n) is 7.74. The van der Waals surface area contributed by atoms with Gasteiger partial charge in [0.25, 0.3) is 0 Å². The third kappa shape index (κ3) is 4.75. The van der Waals surface area contributed by atoms with Gasteiger partial charge in [-0.2, -0.15) is 0 Å². The van der Waals surface area contributed by atoms with E-state index in [4.69, 9.17) is 4.74 Å². The SMILES string of the molecule is CC1CC(C)CC(Oc2cnc(CNC(C)C)cn2)C1. The van der Waals surface area contributed by atoms with Gasteiger partial charge in [-0.1, -0.05) is 27.7 Å². The Morgan fingerprint density at radius 2 is 1.85 bits per heavy atom. The van der Waals surface area contributed by atoms with Crippen molar-refractivity contribution in [3.63, 3.8) is 0 Å². The highest BCUT2D eigenvalue weighted by atomic mass is 16.5. The van der Waals surface area contributed by atoms with Crippen LogP contribution in [-0.4, -0.2) is 22.1 Å².